The van der Waals surface area contributed by atoms with Crippen LogP contribution in [0.2, 0.25) is 0 Å². The maximum Gasteiger partial charge on any atom is 0.417 e. The standard InChI is InChI=1S/C27H28N2O5S2/c1-17(2)22(26(30)29-19(15-34-27(29)31)14-18-8-4-3-5-9-18)16-36(32,33)25-24-21(12-13-28-25)20-10-6-7-11-23(20)35-24/h3-11,16-17,19,32-33H,12-15H2,1-2H3/t19-/m1/s1. The molecule has 2 aliphatic rings. The van der Waals surface area contributed by atoms with Gasteiger partial charge in [0.25, 0.3) is 5.91 Å². The lowest BCUT2D eigenvalue weighted by atomic mass is 10.0. The molecule has 5 rings (SSSR count). The highest BCUT2D eigenvalue weighted by molar-refractivity contribution is 8.39. The third-order valence-electron chi connectivity index (χ3n) is 6.45. The zero-order valence-corrected chi connectivity index (χ0v) is 21.7. The number of imide groups is 1. The van der Waals surface area contributed by atoms with Crippen molar-refractivity contribution < 1.29 is 23.4 Å². The molecule has 0 bridgehead atoms. The molecule has 1 fully saturated rings. The first kappa shape index (κ1) is 24.7. The molecular formula is C27H28N2O5S2. The van der Waals surface area contributed by atoms with E-state index in [1.165, 1.54) is 16.7 Å². The van der Waals surface area contributed by atoms with Gasteiger partial charge in [0.2, 0.25) is 0 Å². The minimum Gasteiger partial charge on any atom is -0.447 e. The molecule has 188 valence electrons. The SMILES string of the molecule is CC(C)C(=CS(O)(O)C1=NCCc2c1sc1ccccc21)C(=O)N1C(=O)OC[C@H]1Cc1ccccc1. The molecule has 3 heterocycles. The number of ether oxygens (including phenoxy) is 1. The van der Waals surface area contributed by atoms with E-state index >= 15 is 0 Å². The van der Waals surface area contributed by atoms with Crippen molar-refractivity contribution in [3.05, 3.63) is 81.6 Å². The predicted molar refractivity (Wildman–Crippen MR) is 145 cm³/mol. The average Bonchev–Trinajstić information content (AvgIpc) is 3.42. The Bertz CT molecular complexity index is 1380. The molecule has 0 aliphatic carbocycles. The summed E-state index contributed by atoms with van der Waals surface area (Å²) in [6, 6.07) is 17.1. The molecule has 9 heteroatoms. The predicted octanol–water partition coefficient (Wildman–Crippen LogP) is 6.08. The van der Waals surface area contributed by atoms with E-state index in [0.717, 1.165) is 37.4 Å². The number of benzene rings is 2. The Labute approximate surface area is 215 Å². The Kier molecular flexibility index (Phi) is 6.74. The number of fused-ring (bicyclic) bond motifs is 3. The van der Waals surface area contributed by atoms with Crippen LogP contribution in [0.15, 0.2) is 70.6 Å². The summed E-state index contributed by atoms with van der Waals surface area (Å²) in [5.41, 5.74) is 2.19. The van der Waals surface area contributed by atoms with Crippen LogP contribution in [0.5, 0.6) is 0 Å². The highest BCUT2D eigenvalue weighted by Crippen LogP contribution is 2.51. The van der Waals surface area contributed by atoms with Gasteiger partial charge in [-0.3, -0.25) is 18.9 Å². The monoisotopic (exact) mass is 524 g/mol. The smallest absolute Gasteiger partial charge is 0.417 e. The molecule has 1 saturated heterocycles. The molecule has 0 radical (unpaired) electrons. The molecule has 0 unspecified atom stereocenters. The molecule has 2 amide bonds. The van der Waals surface area contributed by atoms with Gasteiger partial charge in [-0.1, -0.05) is 62.4 Å². The second-order valence-corrected chi connectivity index (χ2v) is 12.1. The van der Waals surface area contributed by atoms with Crippen LogP contribution in [0.3, 0.4) is 0 Å². The number of hydrogen-bond donors (Lipinski definition) is 2. The van der Waals surface area contributed by atoms with Crippen LogP contribution in [0, 0.1) is 5.92 Å². The van der Waals surface area contributed by atoms with E-state index in [2.05, 4.69) is 4.99 Å². The second kappa shape index (κ2) is 9.82. The minimum atomic E-state index is -3.56. The number of rotatable bonds is 5. The molecule has 2 N–H and O–H groups in total. The van der Waals surface area contributed by atoms with Crippen LogP contribution in [-0.2, 0) is 22.4 Å². The van der Waals surface area contributed by atoms with Crippen molar-refractivity contribution in [2.45, 2.75) is 32.7 Å². The number of carbonyl (C=O) groups excluding carboxylic acids is 2. The zero-order chi connectivity index (χ0) is 25.4. The average molecular weight is 525 g/mol. The number of thiophene rings is 1. The Morgan fingerprint density at radius 3 is 2.67 bits per heavy atom. The van der Waals surface area contributed by atoms with Gasteiger partial charge < -0.3 is 4.74 Å². The molecule has 36 heavy (non-hydrogen) atoms. The van der Waals surface area contributed by atoms with Crippen LogP contribution in [-0.4, -0.2) is 50.2 Å². The van der Waals surface area contributed by atoms with Crippen LogP contribution >= 0.6 is 21.9 Å². The van der Waals surface area contributed by atoms with E-state index in [9.17, 15) is 18.7 Å². The van der Waals surface area contributed by atoms with Crippen molar-refractivity contribution in [2.24, 2.45) is 10.9 Å². The quantitative estimate of drug-likeness (QED) is 0.394. The third kappa shape index (κ3) is 4.59. The molecule has 3 aromatic rings. The second-order valence-electron chi connectivity index (χ2n) is 9.26. The van der Waals surface area contributed by atoms with E-state index in [1.54, 1.807) is 13.8 Å². The molecule has 1 atom stereocenters. The number of nitrogens with zero attached hydrogens (tertiary/aromatic N) is 2. The number of hydrogen-bond acceptors (Lipinski definition) is 7. The summed E-state index contributed by atoms with van der Waals surface area (Å²) in [6.07, 6.45) is 0.460. The lowest BCUT2D eigenvalue weighted by Crippen LogP contribution is -2.42. The van der Waals surface area contributed by atoms with Gasteiger partial charge in [-0.15, -0.1) is 21.9 Å². The Morgan fingerprint density at radius 1 is 1.19 bits per heavy atom. The number of amides is 2. The van der Waals surface area contributed by atoms with E-state index in [0.29, 0.717) is 13.0 Å². The summed E-state index contributed by atoms with van der Waals surface area (Å²) < 4.78 is 29.0. The van der Waals surface area contributed by atoms with Crippen LogP contribution < -0.4 is 0 Å². The van der Waals surface area contributed by atoms with Crippen molar-refractivity contribution in [3.63, 3.8) is 0 Å². The fourth-order valence-corrected chi connectivity index (χ4v) is 7.81. The van der Waals surface area contributed by atoms with Gasteiger partial charge >= 0.3 is 6.09 Å². The van der Waals surface area contributed by atoms with Crippen LogP contribution in [0.4, 0.5) is 4.79 Å². The molecular weight excluding hydrogens is 496 g/mol. The van der Waals surface area contributed by atoms with E-state index < -0.39 is 28.6 Å². The van der Waals surface area contributed by atoms with Crippen molar-refractivity contribution in [1.29, 1.82) is 0 Å². The van der Waals surface area contributed by atoms with Crippen molar-refractivity contribution in [3.8, 4) is 0 Å². The molecule has 0 saturated carbocycles. The topological polar surface area (TPSA) is 99.4 Å². The fourth-order valence-electron chi connectivity index (χ4n) is 4.64. The Balaban J connectivity index is 1.48. The normalized spacial score (nSPS) is 18.9. The molecule has 7 nitrogen and oxygen atoms in total. The van der Waals surface area contributed by atoms with Gasteiger partial charge in [0.1, 0.15) is 6.61 Å². The van der Waals surface area contributed by atoms with Gasteiger partial charge in [-0.05, 0) is 41.3 Å². The maximum absolute atomic E-state index is 13.7. The molecule has 1 aromatic heterocycles. The molecule has 2 aromatic carbocycles. The summed E-state index contributed by atoms with van der Waals surface area (Å²) in [5.74, 6) is -0.929. The highest BCUT2D eigenvalue weighted by atomic mass is 32.3. The zero-order valence-electron chi connectivity index (χ0n) is 20.1. The first-order valence-electron chi connectivity index (χ1n) is 11.9. The Hall–Kier alpha value is -2.98. The number of aliphatic imine (C=N–C) groups is 1. The lowest BCUT2D eigenvalue weighted by molar-refractivity contribution is -0.125. The van der Waals surface area contributed by atoms with Crippen molar-refractivity contribution in [1.82, 2.24) is 4.90 Å². The number of cyclic esters (lactones) is 1. The fraction of sp³-hybridized carbons (Fsp3) is 0.296. The Morgan fingerprint density at radius 2 is 1.92 bits per heavy atom. The van der Waals surface area contributed by atoms with E-state index in [-0.39, 0.29) is 23.1 Å². The maximum atomic E-state index is 13.7. The lowest BCUT2D eigenvalue weighted by Gasteiger charge is -2.33. The minimum absolute atomic E-state index is 0.0962. The summed E-state index contributed by atoms with van der Waals surface area (Å²) >= 11 is 1.48. The summed E-state index contributed by atoms with van der Waals surface area (Å²) in [4.78, 5) is 32.6. The van der Waals surface area contributed by atoms with Gasteiger partial charge in [-0.25, -0.2) is 9.69 Å². The summed E-state index contributed by atoms with van der Waals surface area (Å²) in [6.45, 7) is 4.12. The van der Waals surface area contributed by atoms with Crippen molar-refractivity contribution in [2.75, 3.05) is 13.2 Å². The van der Waals surface area contributed by atoms with E-state index in [1.807, 2.05) is 54.6 Å². The number of carbonyl (C=O) groups is 2. The molecule has 0 spiro atoms. The highest BCUT2D eigenvalue weighted by Gasteiger charge is 2.40. The van der Waals surface area contributed by atoms with E-state index in [4.69, 9.17) is 4.74 Å². The summed E-state index contributed by atoms with van der Waals surface area (Å²) in [7, 11) is -3.56. The first-order valence-corrected chi connectivity index (χ1v) is 14.3. The van der Waals surface area contributed by atoms with Gasteiger partial charge in [-0.2, -0.15) is 0 Å². The first-order chi connectivity index (χ1) is 17.3. The van der Waals surface area contributed by atoms with Crippen LogP contribution in [0.25, 0.3) is 10.1 Å². The van der Waals surface area contributed by atoms with Crippen molar-refractivity contribution >= 4 is 49.1 Å². The third-order valence-corrected chi connectivity index (χ3v) is 9.28. The van der Waals surface area contributed by atoms with Gasteiger partial charge in [0.15, 0.2) is 5.04 Å². The molecule has 2 aliphatic heterocycles. The summed E-state index contributed by atoms with van der Waals surface area (Å²) in [5, 5.41) is 2.53. The van der Waals surface area contributed by atoms with Crippen LogP contribution in [0.1, 0.15) is 29.9 Å². The largest absolute Gasteiger partial charge is 0.447 e. The van der Waals surface area contributed by atoms with Gasteiger partial charge in [0, 0.05) is 22.2 Å². The van der Waals surface area contributed by atoms with Gasteiger partial charge in [0.05, 0.1) is 10.9 Å².